The van der Waals surface area contributed by atoms with E-state index >= 15 is 0 Å². The van der Waals surface area contributed by atoms with Crippen LogP contribution >= 0.6 is 0 Å². The molecule has 1 aliphatic rings. The number of carbonyl (C=O) groups is 2. The summed E-state index contributed by atoms with van der Waals surface area (Å²) in [6, 6.07) is 4.54. The Hall–Kier alpha value is -3.10. The van der Waals surface area contributed by atoms with Gasteiger partial charge in [-0.1, -0.05) is 0 Å². The van der Waals surface area contributed by atoms with E-state index in [1.165, 1.54) is 12.3 Å². The highest BCUT2D eigenvalue weighted by Gasteiger charge is 2.25. The van der Waals surface area contributed by atoms with Gasteiger partial charge in [0.25, 0.3) is 11.5 Å². The summed E-state index contributed by atoms with van der Waals surface area (Å²) in [4.78, 5) is 46.0. The number of hydrogen-bond donors (Lipinski definition) is 2. The lowest BCUT2D eigenvalue weighted by Gasteiger charge is -2.34. The first-order valence-corrected chi connectivity index (χ1v) is 8.45. The van der Waals surface area contributed by atoms with Crippen molar-refractivity contribution in [3.8, 4) is 0 Å². The monoisotopic (exact) mass is 359 g/mol. The second kappa shape index (κ2) is 7.85. The average molecular weight is 359 g/mol. The van der Waals surface area contributed by atoms with Gasteiger partial charge in [0.1, 0.15) is 5.82 Å². The molecule has 2 N–H and O–H groups in total. The zero-order chi connectivity index (χ0) is 18.5. The van der Waals surface area contributed by atoms with Crippen LogP contribution in [0.3, 0.4) is 0 Å². The minimum atomic E-state index is -0.198. The molecule has 3 rings (SSSR count). The molecule has 138 valence electrons. The smallest absolute Gasteiger partial charge is 0.317 e. The molecule has 2 aromatic rings. The lowest BCUT2D eigenvalue weighted by atomic mass is 10.3. The number of hydrogen-bond acceptors (Lipinski definition) is 5. The van der Waals surface area contributed by atoms with Gasteiger partial charge in [-0.05, 0) is 19.1 Å². The standard InChI is InChI=1S/C17H21N5O4/c1-12-11-15(23)20-14(19-12)4-5-18-17(25)22-8-6-21(7-9-22)16(24)13-3-2-10-26-13/h2-3,10-11H,4-9H2,1H3,(H,18,25)(H,19,20,23). The van der Waals surface area contributed by atoms with Crippen molar-refractivity contribution >= 4 is 11.9 Å². The van der Waals surface area contributed by atoms with Crippen LogP contribution in [0.5, 0.6) is 0 Å². The first kappa shape index (κ1) is 17.7. The number of piperazine rings is 1. The molecule has 9 heteroatoms. The minimum Gasteiger partial charge on any atom is -0.459 e. The average Bonchev–Trinajstić information content (AvgIpc) is 3.15. The third-order valence-corrected chi connectivity index (χ3v) is 4.14. The third-order valence-electron chi connectivity index (χ3n) is 4.14. The molecule has 0 aliphatic carbocycles. The summed E-state index contributed by atoms with van der Waals surface area (Å²) in [5.74, 6) is 0.691. The van der Waals surface area contributed by atoms with Crippen LogP contribution in [-0.4, -0.2) is 64.4 Å². The molecule has 0 bridgehead atoms. The van der Waals surface area contributed by atoms with Crippen LogP contribution < -0.4 is 10.9 Å². The summed E-state index contributed by atoms with van der Waals surface area (Å²) >= 11 is 0. The fourth-order valence-electron chi connectivity index (χ4n) is 2.83. The summed E-state index contributed by atoms with van der Waals surface area (Å²) in [5, 5.41) is 2.81. The fraction of sp³-hybridized carbons (Fsp3) is 0.412. The van der Waals surface area contributed by atoms with Crippen LogP contribution in [0.15, 0.2) is 33.7 Å². The Labute approximate surface area is 150 Å². The van der Waals surface area contributed by atoms with Crippen LogP contribution in [0.1, 0.15) is 22.1 Å². The maximum absolute atomic E-state index is 12.2. The number of nitrogens with zero attached hydrogens (tertiary/aromatic N) is 3. The zero-order valence-electron chi connectivity index (χ0n) is 14.5. The van der Waals surface area contributed by atoms with Crippen molar-refractivity contribution < 1.29 is 14.0 Å². The molecule has 3 amide bonds. The van der Waals surface area contributed by atoms with Crippen LogP contribution in [0.25, 0.3) is 0 Å². The molecule has 1 fully saturated rings. The van der Waals surface area contributed by atoms with Crippen molar-refractivity contribution in [2.45, 2.75) is 13.3 Å². The molecule has 1 aliphatic heterocycles. The summed E-state index contributed by atoms with van der Waals surface area (Å²) < 4.78 is 5.12. The number of H-pyrrole nitrogens is 1. The highest BCUT2D eigenvalue weighted by atomic mass is 16.3. The quantitative estimate of drug-likeness (QED) is 0.820. The second-order valence-corrected chi connectivity index (χ2v) is 6.07. The molecule has 0 spiro atoms. The van der Waals surface area contributed by atoms with Gasteiger partial charge < -0.3 is 24.5 Å². The number of urea groups is 1. The van der Waals surface area contributed by atoms with Crippen molar-refractivity contribution in [3.05, 3.63) is 52.1 Å². The maximum atomic E-state index is 12.2. The zero-order valence-corrected chi connectivity index (χ0v) is 14.5. The molecule has 0 atom stereocenters. The third kappa shape index (κ3) is 4.29. The first-order valence-electron chi connectivity index (χ1n) is 8.45. The summed E-state index contributed by atoms with van der Waals surface area (Å²) in [6.45, 7) is 3.95. The predicted molar refractivity (Wildman–Crippen MR) is 92.9 cm³/mol. The molecule has 0 unspecified atom stereocenters. The Balaban J connectivity index is 1.43. The van der Waals surface area contributed by atoms with Gasteiger partial charge >= 0.3 is 6.03 Å². The molecule has 9 nitrogen and oxygen atoms in total. The molecule has 0 saturated carbocycles. The van der Waals surface area contributed by atoms with E-state index in [9.17, 15) is 14.4 Å². The molecule has 0 radical (unpaired) electrons. The number of aromatic amines is 1. The van der Waals surface area contributed by atoms with Crippen molar-refractivity contribution in [2.75, 3.05) is 32.7 Å². The van der Waals surface area contributed by atoms with Crippen LogP contribution in [0.4, 0.5) is 4.79 Å². The van der Waals surface area contributed by atoms with Gasteiger partial charge in [-0.25, -0.2) is 9.78 Å². The lowest BCUT2D eigenvalue weighted by Crippen LogP contribution is -2.53. The van der Waals surface area contributed by atoms with Crippen molar-refractivity contribution in [2.24, 2.45) is 0 Å². The van der Waals surface area contributed by atoms with Gasteiger partial charge in [-0.2, -0.15) is 0 Å². The Kier molecular flexibility index (Phi) is 5.35. The normalized spacial score (nSPS) is 14.3. The second-order valence-electron chi connectivity index (χ2n) is 6.07. The topological polar surface area (TPSA) is 112 Å². The Morgan fingerprint density at radius 1 is 1.27 bits per heavy atom. The van der Waals surface area contributed by atoms with Gasteiger partial charge in [0.05, 0.1) is 6.26 Å². The maximum Gasteiger partial charge on any atom is 0.317 e. The highest BCUT2D eigenvalue weighted by molar-refractivity contribution is 5.91. The van der Waals surface area contributed by atoms with Crippen LogP contribution in [-0.2, 0) is 6.42 Å². The predicted octanol–water partition coefficient (Wildman–Crippen LogP) is 0.381. The first-order chi connectivity index (χ1) is 12.5. The van der Waals surface area contributed by atoms with Gasteiger partial charge in [-0.3, -0.25) is 9.59 Å². The molecular weight excluding hydrogens is 338 g/mol. The number of rotatable bonds is 4. The van der Waals surface area contributed by atoms with E-state index < -0.39 is 0 Å². The summed E-state index contributed by atoms with van der Waals surface area (Å²) in [7, 11) is 0. The molecule has 26 heavy (non-hydrogen) atoms. The number of carbonyl (C=O) groups excluding carboxylic acids is 2. The van der Waals surface area contributed by atoms with E-state index in [0.29, 0.717) is 56.4 Å². The van der Waals surface area contributed by atoms with Crippen LogP contribution in [0, 0.1) is 6.92 Å². The number of nitrogens with one attached hydrogen (secondary N) is 2. The van der Waals surface area contributed by atoms with Crippen molar-refractivity contribution in [3.63, 3.8) is 0 Å². The van der Waals surface area contributed by atoms with Gasteiger partial charge in [0.15, 0.2) is 5.76 Å². The Morgan fingerprint density at radius 3 is 2.65 bits per heavy atom. The van der Waals surface area contributed by atoms with E-state index in [2.05, 4.69) is 15.3 Å². The Bertz CT molecular complexity index is 822. The van der Waals surface area contributed by atoms with E-state index in [1.807, 2.05) is 0 Å². The van der Waals surface area contributed by atoms with Crippen molar-refractivity contribution in [1.29, 1.82) is 0 Å². The molecule has 1 saturated heterocycles. The molecule has 2 aromatic heterocycles. The van der Waals surface area contributed by atoms with Crippen molar-refractivity contribution in [1.82, 2.24) is 25.1 Å². The van der Waals surface area contributed by atoms with Gasteiger partial charge in [-0.15, -0.1) is 0 Å². The van der Waals surface area contributed by atoms with E-state index in [0.717, 1.165) is 0 Å². The Morgan fingerprint density at radius 2 is 2.00 bits per heavy atom. The molecule has 0 aromatic carbocycles. The summed E-state index contributed by atoms with van der Waals surface area (Å²) in [6.07, 6.45) is 1.91. The largest absolute Gasteiger partial charge is 0.459 e. The number of amides is 3. The minimum absolute atomic E-state index is 0.162. The number of aromatic nitrogens is 2. The van der Waals surface area contributed by atoms with E-state index in [-0.39, 0.29) is 17.5 Å². The van der Waals surface area contributed by atoms with E-state index in [4.69, 9.17) is 4.42 Å². The SMILES string of the molecule is Cc1cc(=O)[nH]c(CCNC(=O)N2CCN(C(=O)c3ccco3)CC2)n1. The lowest BCUT2D eigenvalue weighted by molar-refractivity contribution is 0.0634. The van der Waals surface area contributed by atoms with Gasteiger partial charge in [0, 0.05) is 50.9 Å². The van der Waals surface area contributed by atoms with Crippen LogP contribution in [0.2, 0.25) is 0 Å². The van der Waals surface area contributed by atoms with Gasteiger partial charge in [0.2, 0.25) is 0 Å². The number of aryl methyl sites for hydroxylation is 1. The fourth-order valence-corrected chi connectivity index (χ4v) is 2.83. The highest BCUT2D eigenvalue weighted by Crippen LogP contribution is 2.09. The summed E-state index contributed by atoms with van der Waals surface area (Å²) in [5.41, 5.74) is 0.448. The van der Waals surface area contributed by atoms with E-state index in [1.54, 1.807) is 28.9 Å². The molecule has 3 heterocycles. The molecular formula is C17H21N5O4. The number of furan rings is 1.